The molecule has 7 aromatic carbocycles. The van der Waals surface area contributed by atoms with Gasteiger partial charge in [0.1, 0.15) is 5.58 Å². The number of benzene rings is 7. The van der Waals surface area contributed by atoms with Gasteiger partial charge in [-0.3, -0.25) is 0 Å². The lowest BCUT2D eigenvalue weighted by atomic mass is 9.76. The fourth-order valence-corrected chi connectivity index (χ4v) is 9.15. The van der Waals surface area contributed by atoms with Gasteiger partial charge in [-0.15, -0.1) is 0 Å². The minimum Gasteiger partial charge on any atom is -0.464 e. The summed E-state index contributed by atoms with van der Waals surface area (Å²) in [6, 6.07) is 50.8. The van der Waals surface area contributed by atoms with Crippen molar-refractivity contribution in [2.75, 3.05) is 0 Å². The Morgan fingerprint density at radius 2 is 1.25 bits per heavy atom. The molecule has 51 heavy (non-hydrogen) atoms. The van der Waals surface area contributed by atoms with Crippen LogP contribution in [0.4, 0.5) is 0 Å². The number of furan rings is 1. The smallest absolute Gasteiger partial charge is 0.135 e. The summed E-state index contributed by atoms with van der Waals surface area (Å²) in [6.45, 7) is 2.37. The SMILES string of the molecule is CC1C=C(c2coc3cccc(-c4ccc5ccn6c7ccccc7c4c56)c23)C=CC1c1c2ccccc2c(-c2ccccc2)c2ccccc12. The first-order chi connectivity index (χ1) is 25.2. The van der Waals surface area contributed by atoms with E-state index >= 15 is 0 Å². The lowest BCUT2D eigenvalue weighted by Gasteiger charge is -2.27. The Hall–Kier alpha value is -6.38. The third kappa shape index (κ3) is 4.05. The number of para-hydroxylation sites is 1. The molecule has 0 spiro atoms. The Morgan fingerprint density at radius 1 is 0.569 bits per heavy atom. The van der Waals surface area contributed by atoms with Gasteiger partial charge < -0.3 is 8.82 Å². The third-order valence-electron chi connectivity index (χ3n) is 11.3. The van der Waals surface area contributed by atoms with Crippen LogP contribution < -0.4 is 0 Å². The molecule has 2 heteroatoms. The molecule has 0 saturated heterocycles. The molecule has 0 N–H and O–H groups in total. The fraction of sp³-hybridized carbons (Fsp3) is 0.0612. The largest absolute Gasteiger partial charge is 0.464 e. The van der Waals surface area contributed by atoms with Crippen molar-refractivity contribution in [3.63, 3.8) is 0 Å². The van der Waals surface area contributed by atoms with E-state index in [0.717, 1.165) is 11.1 Å². The zero-order valence-corrected chi connectivity index (χ0v) is 28.2. The second kappa shape index (κ2) is 10.8. The average molecular weight is 652 g/mol. The van der Waals surface area contributed by atoms with Crippen LogP contribution in [0, 0.1) is 5.92 Å². The summed E-state index contributed by atoms with van der Waals surface area (Å²) < 4.78 is 8.67. The van der Waals surface area contributed by atoms with Crippen molar-refractivity contribution in [3.8, 4) is 22.3 Å². The second-order valence-electron chi connectivity index (χ2n) is 14.1. The van der Waals surface area contributed by atoms with Crippen LogP contribution in [0.2, 0.25) is 0 Å². The molecule has 2 nitrogen and oxygen atoms in total. The summed E-state index contributed by atoms with van der Waals surface area (Å²) in [5, 5.41) is 10.3. The number of aromatic nitrogens is 1. The topological polar surface area (TPSA) is 17.6 Å². The van der Waals surface area contributed by atoms with Crippen LogP contribution in [-0.2, 0) is 0 Å². The summed E-state index contributed by atoms with van der Waals surface area (Å²) in [6.07, 6.45) is 11.4. The van der Waals surface area contributed by atoms with Gasteiger partial charge in [-0.25, -0.2) is 0 Å². The van der Waals surface area contributed by atoms with Crippen LogP contribution >= 0.6 is 0 Å². The lowest BCUT2D eigenvalue weighted by Crippen LogP contribution is -2.11. The zero-order chi connectivity index (χ0) is 33.6. The predicted molar refractivity (Wildman–Crippen MR) is 215 cm³/mol. The molecule has 0 radical (unpaired) electrons. The number of hydrogen-bond donors (Lipinski definition) is 0. The first-order valence-corrected chi connectivity index (χ1v) is 17.9. The van der Waals surface area contributed by atoms with Crippen LogP contribution in [0.25, 0.3) is 87.5 Å². The van der Waals surface area contributed by atoms with Gasteiger partial charge >= 0.3 is 0 Å². The van der Waals surface area contributed by atoms with Crippen molar-refractivity contribution in [1.82, 2.24) is 4.40 Å². The quantitative estimate of drug-likeness (QED) is 0.173. The fourth-order valence-electron chi connectivity index (χ4n) is 9.15. The van der Waals surface area contributed by atoms with E-state index in [9.17, 15) is 0 Å². The number of nitrogens with zero attached hydrogens (tertiary/aromatic N) is 1. The molecule has 1 aliphatic carbocycles. The van der Waals surface area contributed by atoms with E-state index in [1.54, 1.807) is 0 Å². The van der Waals surface area contributed by atoms with Gasteiger partial charge in [0.05, 0.1) is 17.3 Å². The molecule has 10 aromatic rings. The molecule has 3 aromatic heterocycles. The van der Waals surface area contributed by atoms with Crippen LogP contribution in [0.15, 0.2) is 175 Å². The summed E-state index contributed by atoms with van der Waals surface area (Å²) >= 11 is 0. The van der Waals surface area contributed by atoms with E-state index in [4.69, 9.17) is 4.42 Å². The highest BCUT2D eigenvalue weighted by molar-refractivity contribution is 6.22. The Kier molecular flexibility index (Phi) is 6.03. The number of hydrogen-bond acceptors (Lipinski definition) is 1. The van der Waals surface area contributed by atoms with E-state index in [2.05, 4.69) is 175 Å². The third-order valence-corrected chi connectivity index (χ3v) is 11.3. The molecule has 1 aliphatic rings. The van der Waals surface area contributed by atoms with E-state index in [1.165, 1.54) is 87.5 Å². The molecule has 11 rings (SSSR count). The highest BCUT2D eigenvalue weighted by Gasteiger charge is 2.27. The van der Waals surface area contributed by atoms with E-state index in [0.29, 0.717) is 0 Å². The van der Waals surface area contributed by atoms with Crippen LogP contribution in [-0.4, -0.2) is 4.40 Å². The molecule has 3 heterocycles. The molecule has 240 valence electrons. The highest BCUT2D eigenvalue weighted by atomic mass is 16.3. The van der Waals surface area contributed by atoms with Crippen molar-refractivity contribution in [1.29, 1.82) is 0 Å². The molecule has 2 atom stereocenters. The summed E-state index contributed by atoms with van der Waals surface area (Å²) in [7, 11) is 0. The Bertz CT molecular complexity index is 2990. The second-order valence-corrected chi connectivity index (χ2v) is 14.1. The van der Waals surface area contributed by atoms with Crippen molar-refractivity contribution in [2.45, 2.75) is 12.8 Å². The molecule has 0 fully saturated rings. The molecule has 2 unspecified atom stereocenters. The Labute approximate surface area is 295 Å². The number of fused-ring (bicyclic) bond motifs is 6. The minimum absolute atomic E-state index is 0.221. The monoisotopic (exact) mass is 651 g/mol. The standard InChI is InChI=1S/C49H33NO/c1-30-28-33(23-24-34(30)46-37-16-7-5-14-35(37)45(31-12-3-2-4-13-31)36-15-6-8-17-38(36)46)42-29-51-44-21-11-19-39(47(42)44)40-25-22-32-26-27-50-43-20-10-9-18-41(43)48(40)49(32)50/h2-30,34H,1H3. The normalized spacial score (nSPS) is 16.4. The molecule has 0 saturated carbocycles. The van der Waals surface area contributed by atoms with Crippen LogP contribution in [0.3, 0.4) is 0 Å². The van der Waals surface area contributed by atoms with Crippen LogP contribution in [0.1, 0.15) is 24.0 Å². The van der Waals surface area contributed by atoms with Crippen molar-refractivity contribution in [3.05, 3.63) is 181 Å². The number of allylic oxidation sites excluding steroid dienone is 4. The van der Waals surface area contributed by atoms with Gasteiger partial charge in [-0.05, 0) is 79.1 Å². The van der Waals surface area contributed by atoms with Crippen molar-refractivity contribution >= 4 is 65.3 Å². The van der Waals surface area contributed by atoms with E-state index < -0.39 is 0 Å². The minimum atomic E-state index is 0.221. The molecule has 0 amide bonds. The van der Waals surface area contributed by atoms with Gasteiger partial charge in [0.25, 0.3) is 0 Å². The first-order valence-electron chi connectivity index (χ1n) is 17.9. The van der Waals surface area contributed by atoms with Gasteiger partial charge in [-0.1, -0.05) is 146 Å². The van der Waals surface area contributed by atoms with Crippen molar-refractivity contribution < 1.29 is 4.42 Å². The Balaban J connectivity index is 1.07. The number of rotatable bonds is 4. The lowest BCUT2D eigenvalue weighted by molar-refractivity contribution is 0.614. The van der Waals surface area contributed by atoms with Gasteiger partial charge in [-0.2, -0.15) is 0 Å². The van der Waals surface area contributed by atoms with E-state index in [1.807, 2.05) is 6.26 Å². The molecular weight excluding hydrogens is 619 g/mol. The maximum atomic E-state index is 6.33. The predicted octanol–water partition coefficient (Wildman–Crippen LogP) is 13.4. The summed E-state index contributed by atoms with van der Waals surface area (Å²) in [4.78, 5) is 0. The van der Waals surface area contributed by atoms with Crippen LogP contribution in [0.5, 0.6) is 0 Å². The maximum absolute atomic E-state index is 6.33. The summed E-state index contributed by atoms with van der Waals surface area (Å²) in [5.41, 5.74) is 12.2. The molecular formula is C49H33NO. The highest BCUT2D eigenvalue weighted by Crippen LogP contribution is 2.48. The first kappa shape index (κ1) is 28.5. The Morgan fingerprint density at radius 3 is 2.02 bits per heavy atom. The van der Waals surface area contributed by atoms with Gasteiger partial charge in [0.15, 0.2) is 0 Å². The zero-order valence-electron chi connectivity index (χ0n) is 28.2. The maximum Gasteiger partial charge on any atom is 0.135 e. The van der Waals surface area contributed by atoms with Gasteiger partial charge in [0.2, 0.25) is 0 Å². The van der Waals surface area contributed by atoms with E-state index in [-0.39, 0.29) is 11.8 Å². The molecule has 0 bridgehead atoms. The summed E-state index contributed by atoms with van der Waals surface area (Å²) in [5.74, 6) is 0.485. The average Bonchev–Trinajstić information content (AvgIpc) is 3.91. The molecule has 0 aliphatic heterocycles. The van der Waals surface area contributed by atoms with Gasteiger partial charge in [0, 0.05) is 39.2 Å². The van der Waals surface area contributed by atoms with Crippen molar-refractivity contribution in [2.24, 2.45) is 5.92 Å².